The van der Waals surface area contributed by atoms with Crippen LogP contribution < -0.4 is 5.32 Å². The number of nitrogens with zero attached hydrogens (tertiary/aromatic N) is 2. The molecular formula is C14H27N3O2S. The lowest BCUT2D eigenvalue weighted by atomic mass is 10.2. The van der Waals surface area contributed by atoms with E-state index in [-0.39, 0.29) is 16.6 Å². The van der Waals surface area contributed by atoms with Crippen molar-refractivity contribution in [1.29, 1.82) is 0 Å². The average Bonchev–Trinajstić information content (AvgIpc) is 2.40. The Hall–Kier alpha value is -0.910. The van der Waals surface area contributed by atoms with Gasteiger partial charge in [-0.05, 0) is 20.8 Å². The fourth-order valence-electron chi connectivity index (χ4n) is 2.12. The number of guanidine groups is 1. The normalized spacial score (nSPS) is 20.4. The second-order valence-corrected chi connectivity index (χ2v) is 7.45. The fraction of sp³-hybridized carbons (Fsp3) is 0.857. The van der Waals surface area contributed by atoms with Gasteiger partial charge in [-0.2, -0.15) is 11.8 Å². The molecule has 1 rings (SSSR count). The van der Waals surface area contributed by atoms with Gasteiger partial charge in [-0.1, -0.05) is 6.92 Å². The number of esters is 1. The van der Waals surface area contributed by atoms with Crippen LogP contribution in [0, 0.1) is 5.92 Å². The molecule has 0 aromatic heterocycles. The molecule has 1 unspecified atom stereocenters. The molecule has 0 amide bonds. The van der Waals surface area contributed by atoms with E-state index < -0.39 is 0 Å². The summed E-state index contributed by atoms with van der Waals surface area (Å²) >= 11 is 1.99. The van der Waals surface area contributed by atoms with Crippen LogP contribution in [0.25, 0.3) is 0 Å². The highest BCUT2D eigenvalue weighted by molar-refractivity contribution is 8.00. The summed E-state index contributed by atoms with van der Waals surface area (Å²) in [5, 5.41) is 3.32. The van der Waals surface area contributed by atoms with Crippen LogP contribution in [0.4, 0.5) is 0 Å². The number of hydrogen-bond donors (Lipinski definition) is 1. The second-order valence-electron chi connectivity index (χ2n) is 5.65. The van der Waals surface area contributed by atoms with Gasteiger partial charge in [0.25, 0.3) is 0 Å². The van der Waals surface area contributed by atoms with E-state index >= 15 is 0 Å². The van der Waals surface area contributed by atoms with E-state index in [2.05, 4.69) is 36.0 Å². The van der Waals surface area contributed by atoms with Crippen LogP contribution in [0.1, 0.15) is 27.7 Å². The molecule has 0 aliphatic carbocycles. The number of methoxy groups -OCH3 is 1. The summed E-state index contributed by atoms with van der Waals surface area (Å²) in [5.41, 5.74) is 0. The predicted molar refractivity (Wildman–Crippen MR) is 85.3 cm³/mol. The zero-order chi connectivity index (χ0) is 15.2. The van der Waals surface area contributed by atoms with Gasteiger partial charge in [0, 0.05) is 30.1 Å². The Labute approximate surface area is 126 Å². The SMILES string of the molecule is CCNC(=NCC(C)C(=O)OC)N1CCSC(C)(C)C1. The Morgan fingerprint density at radius 1 is 1.55 bits per heavy atom. The number of ether oxygens (including phenoxy) is 1. The molecule has 1 aliphatic rings. The van der Waals surface area contributed by atoms with Crippen molar-refractivity contribution in [2.75, 3.05) is 39.0 Å². The maximum absolute atomic E-state index is 11.4. The zero-order valence-corrected chi connectivity index (χ0v) is 14.0. The van der Waals surface area contributed by atoms with E-state index in [1.54, 1.807) is 0 Å². The van der Waals surface area contributed by atoms with Gasteiger partial charge in [-0.3, -0.25) is 9.79 Å². The highest BCUT2D eigenvalue weighted by atomic mass is 32.2. The van der Waals surface area contributed by atoms with E-state index in [9.17, 15) is 4.79 Å². The van der Waals surface area contributed by atoms with Gasteiger partial charge in [-0.15, -0.1) is 0 Å². The molecule has 1 aliphatic heterocycles. The maximum atomic E-state index is 11.4. The number of carbonyl (C=O) groups is 1. The first-order chi connectivity index (χ1) is 9.39. The van der Waals surface area contributed by atoms with Gasteiger partial charge in [0.2, 0.25) is 0 Å². The minimum absolute atomic E-state index is 0.208. The number of hydrogen-bond acceptors (Lipinski definition) is 4. The molecule has 0 saturated carbocycles. The van der Waals surface area contributed by atoms with Gasteiger partial charge in [0.05, 0.1) is 19.6 Å². The van der Waals surface area contributed by atoms with Gasteiger partial charge in [0.1, 0.15) is 0 Å². The molecule has 1 fully saturated rings. The number of carbonyl (C=O) groups excluding carboxylic acids is 1. The second kappa shape index (κ2) is 7.76. The van der Waals surface area contributed by atoms with Crippen molar-refractivity contribution in [1.82, 2.24) is 10.2 Å². The molecular weight excluding hydrogens is 274 g/mol. The van der Waals surface area contributed by atoms with Crippen LogP contribution in [0.5, 0.6) is 0 Å². The van der Waals surface area contributed by atoms with Crippen molar-refractivity contribution in [3.63, 3.8) is 0 Å². The van der Waals surface area contributed by atoms with Gasteiger partial charge >= 0.3 is 5.97 Å². The van der Waals surface area contributed by atoms with E-state index in [1.807, 2.05) is 18.7 Å². The molecule has 1 heterocycles. The molecule has 20 heavy (non-hydrogen) atoms. The van der Waals surface area contributed by atoms with Crippen LogP contribution in [0.3, 0.4) is 0 Å². The Morgan fingerprint density at radius 3 is 2.80 bits per heavy atom. The van der Waals surface area contributed by atoms with Crippen molar-refractivity contribution in [3.05, 3.63) is 0 Å². The topological polar surface area (TPSA) is 53.9 Å². The van der Waals surface area contributed by atoms with Gasteiger partial charge in [0.15, 0.2) is 5.96 Å². The molecule has 0 spiro atoms. The Morgan fingerprint density at radius 2 is 2.25 bits per heavy atom. The third-order valence-corrected chi connectivity index (χ3v) is 4.48. The quantitative estimate of drug-likeness (QED) is 0.485. The van der Waals surface area contributed by atoms with E-state index in [0.717, 1.165) is 31.3 Å². The monoisotopic (exact) mass is 301 g/mol. The van der Waals surface area contributed by atoms with Crippen LogP contribution in [0.2, 0.25) is 0 Å². The van der Waals surface area contributed by atoms with Crippen LogP contribution >= 0.6 is 11.8 Å². The molecule has 1 atom stereocenters. The highest BCUT2D eigenvalue weighted by Gasteiger charge is 2.28. The fourth-order valence-corrected chi connectivity index (χ4v) is 3.23. The summed E-state index contributed by atoms with van der Waals surface area (Å²) in [6, 6.07) is 0. The zero-order valence-electron chi connectivity index (χ0n) is 13.2. The van der Waals surface area contributed by atoms with Gasteiger partial charge < -0.3 is 15.0 Å². The van der Waals surface area contributed by atoms with Gasteiger partial charge in [-0.25, -0.2) is 0 Å². The summed E-state index contributed by atoms with van der Waals surface area (Å²) in [6.07, 6.45) is 0. The van der Waals surface area contributed by atoms with Crippen molar-refractivity contribution in [2.24, 2.45) is 10.9 Å². The third kappa shape index (κ3) is 5.23. The Bertz CT molecular complexity index is 358. The molecule has 5 nitrogen and oxygen atoms in total. The summed E-state index contributed by atoms with van der Waals surface area (Å²) in [7, 11) is 1.41. The van der Waals surface area contributed by atoms with E-state index in [1.165, 1.54) is 7.11 Å². The molecule has 0 aromatic rings. The Balaban J connectivity index is 2.69. The first kappa shape index (κ1) is 17.1. The molecule has 1 saturated heterocycles. The summed E-state index contributed by atoms with van der Waals surface area (Å²) in [6.45, 7) is 11.7. The molecule has 1 N–H and O–H groups in total. The van der Waals surface area contributed by atoms with Crippen LogP contribution in [-0.2, 0) is 9.53 Å². The molecule has 0 bridgehead atoms. The standard InChI is InChI=1S/C14H27N3O2S/c1-6-15-13(16-9-11(2)12(18)19-5)17-7-8-20-14(3,4)10-17/h11H,6-10H2,1-5H3,(H,15,16). The lowest BCUT2D eigenvalue weighted by Crippen LogP contribution is -2.51. The minimum atomic E-state index is -0.209. The number of rotatable bonds is 4. The molecule has 0 radical (unpaired) electrons. The van der Waals surface area contributed by atoms with E-state index in [4.69, 9.17) is 4.74 Å². The number of thioether (sulfide) groups is 1. The summed E-state index contributed by atoms with van der Waals surface area (Å²) < 4.78 is 4.98. The lowest BCUT2D eigenvalue weighted by Gasteiger charge is -2.39. The molecule has 6 heteroatoms. The predicted octanol–water partition coefficient (Wildman–Crippen LogP) is 1.59. The highest BCUT2D eigenvalue weighted by Crippen LogP contribution is 2.29. The maximum Gasteiger partial charge on any atom is 0.310 e. The first-order valence-corrected chi connectivity index (χ1v) is 8.13. The first-order valence-electron chi connectivity index (χ1n) is 7.14. The number of aliphatic imine (C=N–C) groups is 1. The minimum Gasteiger partial charge on any atom is -0.469 e. The van der Waals surface area contributed by atoms with Crippen molar-refractivity contribution in [2.45, 2.75) is 32.4 Å². The summed E-state index contributed by atoms with van der Waals surface area (Å²) in [5.74, 6) is 1.58. The average molecular weight is 301 g/mol. The van der Waals surface area contributed by atoms with Crippen molar-refractivity contribution in [3.8, 4) is 0 Å². The molecule has 116 valence electrons. The summed E-state index contributed by atoms with van der Waals surface area (Å²) in [4.78, 5) is 18.3. The number of nitrogens with one attached hydrogen (secondary N) is 1. The Kier molecular flexibility index (Phi) is 6.65. The lowest BCUT2D eigenvalue weighted by molar-refractivity contribution is -0.144. The van der Waals surface area contributed by atoms with Crippen LogP contribution in [-0.4, -0.2) is 60.6 Å². The third-order valence-electron chi connectivity index (χ3n) is 3.18. The van der Waals surface area contributed by atoms with Crippen LogP contribution in [0.15, 0.2) is 4.99 Å². The smallest absolute Gasteiger partial charge is 0.310 e. The van der Waals surface area contributed by atoms with Crippen molar-refractivity contribution < 1.29 is 9.53 Å². The molecule has 0 aromatic carbocycles. The van der Waals surface area contributed by atoms with E-state index in [0.29, 0.717) is 6.54 Å². The largest absolute Gasteiger partial charge is 0.469 e. The van der Waals surface area contributed by atoms with Crippen molar-refractivity contribution >= 4 is 23.7 Å².